The third-order valence-corrected chi connectivity index (χ3v) is 6.24. The van der Waals surface area contributed by atoms with Gasteiger partial charge in [0.05, 0.1) is 50.8 Å². The number of fused-ring (bicyclic) bond motifs is 2. The highest BCUT2D eigenvalue weighted by molar-refractivity contribution is 5.72. The van der Waals surface area contributed by atoms with Crippen LogP contribution in [0, 0.1) is 0 Å². The molecule has 0 radical (unpaired) electrons. The number of nitrogens with one attached hydrogen (secondary N) is 1. The van der Waals surface area contributed by atoms with E-state index in [4.69, 9.17) is 23.9 Å². The molecule has 0 spiro atoms. The van der Waals surface area contributed by atoms with Crippen LogP contribution in [0.15, 0.2) is 18.2 Å². The van der Waals surface area contributed by atoms with Gasteiger partial charge in [0.25, 0.3) is 0 Å². The number of esters is 3. The number of carbonyl (C=O) groups is 4. The molecule has 0 aliphatic carbocycles. The Balaban J connectivity index is 2.36. The van der Waals surface area contributed by atoms with E-state index in [1.165, 1.54) is 0 Å². The molecule has 0 unspecified atom stereocenters. The normalized spacial score (nSPS) is 15.6. The summed E-state index contributed by atoms with van der Waals surface area (Å²) in [5.41, 5.74) is 1.70. The Hall–Kier alpha value is -3.55. The summed E-state index contributed by atoms with van der Waals surface area (Å²) in [7, 11) is 0. The molecule has 2 rings (SSSR count). The highest BCUT2D eigenvalue weighted by atomic mass is 16.6. The maximum absolute atomic E-state index is 12.5. The van der Waals surface area contributed by atoms with Crippen molar-refractivity contribution in [3.05, 3.63) is 35.2 Å². The monoisotopic (exact) mass is 619 g/mol. The van der Waals surface area contributed by atoms with Gasteiger partial charge in [0, 0.05) is 45.8 Å². The second-order valence-corrected chi connectivity index (χ2v) is 11.3. The lowest BCUT2D eigenvalue weighted by Crippen LogP contribution is -2.44. The average molecular weight is 620 g/mol. The molecule has 13 heteroatoms. The molecule has 1 aliphatic rings. The van der Waals surface area contributed by atoms with Crippen molar-refractivity contribution in [1.29, 1.82) is 0 Å². The van der Waals surface area contributed by atoms with Gasteiger partial charge in [-0.1, -0.05) is 12.2 Å². The Labute approximate surface area is 260 Å². The quantitative estimate of drug-likeness (QED) is 0.271. The summed E-state index contributed by atoms with van der Waals surface area (Å²) in [5.74, 6) is -1.03. The van der Waals surface area contributed by atoms with Gasteiger partial charge in [0.15, 0.2) is 0 Å². The maximum atomic E-state index is 12.5. The fourth-order valence-electron chi connectivity index (χ4n) is 4.47. The number of aromatic nitrogens is 1. The Bertz CT molecular complexity index is 1070. The number of hydrogen-bond acceptors (Lipinski definition) is 12. The summed E-state index contributed by atoms with van der Waals surface area (Å²) in [6.45, 7) is 14.6. The molecule has 1 aromatic heterocycles. The van der Waals surface area contributed by atoms with Crippen molar-refractivity contribution < 1.29 is 38.1 Å². The zero-order valence-electron chi connectivity index (χ0n) is 27.1. The molecule has 0 saturated heterocycles. The molecule has 1 aromatic rings. The Morgan fingerprint density at radius 2 is 1.20 bits per heavy atom. The van der Waals surface area contributed by atoms with Crippen LogP contribution in [0.25, 0.3) is 6.08 Å². The fourth-order valence-corrected chi connectivity index (χ4v) is 4.47. The van der Waals surface area contributed by atoms with Crippen LogP contribution in [0.3, 0.4) is 0 Å². The summed E-state index contributed by atoms with van der Waals surface area (Å²) in [4.78, 5) is 60.0. The van der Waals surface area contributed by atoms with Gasteiger partial charge in [-0.3, -0.25) is 34.1 Å². The number of hydrogen-bond donors (Lipinski definition) is 1. The van der Waals surface area contributed by atoms with Crippen LogP contribution in [0.4, 0.5) is 4.79 Å². The SMILES string of the molecule is CCOC(=O)CN1CCN(CC(=O)OCC)Cc2cc(C=CCNC(=O)OC(C)(C)C)cc(n2)CN(CC(=O)OCC)CC1. The van der Waals surface area contributed by atoms with Crippen LogP contribution in [0.5, 0.6) is 0 Å². The minimum Gasteiger partial charge on any atom is -0.465 e. The van der Waals surface area contributed by atoms with Crippen molar-refractivity contribution in [3.8, 4) is 0 Å². The van der Waals surface area contributed by atoms with E-state index >= 15 is 0 Å². The largest absolute Gasteiger partial charge is 0.465 e. The third-order valence-electron chi connectivity index (χ3n) is 6.24. The topological polar surface area (TPSA) is 140 Å². The Morgan fingerprint density at radius 3 is 1.64 bits per heavy atom. The number of ether oxygens (including phenoxy) is 4. The van der Waals surface area contributed by atoms with Gasteiger partial charge >= 0.3 is 24.0 Å². The molecular weight excluding hydrogens is 570 g/mol. The van der Waals surface area contributed by atoms with E-state index in [1.807, 2.05) is 39.0 Å². The zero-order valence-corrected chi connectivity index (χ0v) is 27.1. The van der Waals surface area contributed by atoms with Crippen LogP contribution >= 0.6 is 0 Å². The van der Waals surface area contributed by atoms with Crippen molar-refractivity contribution in [3.63, 3.8) is 0 Å². The lowest BCUT2D eigenvalue weighted by molar-refractivity contribution is -0.146. The van der Waals surface area contributed by atoms with E-state index in [1.54, 1.807) is 41.5 Å². The van der Waals surface area contributed by atoms with Crippen LogP contribution in [0.1, 0.15) is 58.5 Å². The van der Waals surface area contributed by atoms with E-state index in [9.17, 15) is 19.2 Å². The molecule has 1 aliphatic heterocycles. The molecular formula is C31H49N5O8. The predicted octanol–water partition coefficient (Wildman–Crippen LogP) is 2.23. The predicted molar refractivity (Wildman–Crippen MR) is 164 cm³/mol. The minimum atomic E-state index is -0.591. The number of amides is 1. The first-order valence-corrected chi connectivity index (χ1v) is 15.2. The molecule has 2 heterocycles. The molecule has 2 bridgehead atoms. The highest BCUT2D eigenvalue weighted by Gasteiger charge is 2.21. The molecule has 1 amide bonds. The van der Waals surface area contributed by atoms with Gasteiger partial charge in [-0.05, 0) is 59.2 Å². The molecule has 0 fully saturated rings. The first-order valence-electron chi connectivity index (χ1n) is 15.2. The van der Waals surface area contributed by atoms with Gasteiger partial charge < -0.3 is 24.3 Å². The van der Waals surface area contributed by atoms with Gasteiger partial charge in [-0.2, -0.15) is 0 Å². The van der Waals surface area contributed by atoms with Crippen molar-refractivity contribution >= 4 is 30.1 Å². The standard InChI is InChI=1S/C31H49N5O8/c1-7-41-27(37)21-34-13-15-35(22-28(38)42-8-2)19-25-17-24(11-10-12-32-30(40)44-31(4,5)6)18-26(33-25)20-36(16-14-34)23-29(39)43-9-3/h10-11,17-18H,7-9,12-16,19-23H2,1-6H3,(H,32,40). The zero-order chi connectivity index (χ0) is 32.5. The van der Waals surface area contributed by atoms with E-state index < -0.39 is 11.7 Å². The molecule has 0 atom stereocenters. The first-order chi connectivity index (χ1) is 20.9. The number of pyridine rings is 1. The number of alkyl carbamates (subject to hydrolysis) is 1. The van der Waals surface area contributed by atoms with Crippen LogP contribution in [-0.4, -0.2) is 121 Å². The molecule has 1 N–H and O–H groups in total. The van der Waals surface area contributed by atoms with Crippen LogP contribution < -0.4 is 5.32 Å². The average Bonchev–Trinajstić information content (AvgIpc) is 2.91. The van der Waals surface area contributed by atoms with E-state index in [0.717, 1.165) is 17.0 Å². The van der Waals surface area contributed by atoms with Crippen molar-refractivity contribution in [2.24, 2.45) is 0 Å². The van der Waals surface area contributed by atoms with Gasteiger partial charge in [-0.15, -0.1) is 0 Å². The van der Waals surface area contributed by atoms with Crippen LogP contribution in [0.2, 0.25) is 0 Å². The van der Waals surface area contributed by atoms with Crippen LogP contribution in [-0.2, 0) is 46.4 Å². The molecule has 0 saturated carbocycles. The number of rotatable bonds is 12. The second kappa shape index (κ2) is 19.0. The van der Waals surface area contributed by atoms with Crippen molar-refractivity contribution in [2.75, 3.05) is 72.2 Å². The second-order valence-electron chi connectivity index (χ2n) is 11.3. The smallest absolute Gasteiger partial charge is 0.407 e. The first kappa shape index (κ1) is 36.6. The molecule has 0 aromatic carbocycles. The lowest BCUT2D eigenvalue weighted by Gasteiger charge is -2.30. The molecule has 246 valence electrons. The van der Waals surface area contributed by atoms with Crippen molar-refractivity contribution in [1.82, 2.24) is 25.0 Å². The highest BCUT2D eigenvalue weighted by Crippen LogP contribution is 2.15. The van der Waals surface area contributed by atoms with Gasteiger partial charge in [-0.25, -0.2) is 4.79 Å². The summed E-state index contributed by atoms with van der Waals surface area (Å²) >= 11 is 0. The Morgan fingerprint density at radius 1 is 0.773 bits per heavy atom. The lowest BCUT2D eigenvalue weighted by atomic mass is 10.1. The van der Waals surface area contributed by atoms with E-state index in [0.29, 0.717) is 39.3 Å². The summed E-state index contributed by atoms with van der Waals surface area (Å²) in [6, 6.07) is 3.84. The fraction of sp³-hybridized carbons (Fsp3) is 0.645. The number of carbonyl (C=O) groups excluding carboxylic acids is 4. The van der Waals surface area contributed by atoms with Gasteiger partial charge in [0.2, 0.25) is 0 Å². The summed E-state index contributed by atoms with van der Waals surface area (Å²) < 4.78 is 20.9. The van der Waals surface area contributed by atoms with E-state index in [2.05, 4.69) is 5.32 Å². The minimum absolute atomic E-state index is 0.0625. The van der Waals surface area contributed by atoms with Gasteiger partial charge in [0.1, 0.15) is 5.60 Å². The molecule has 44 heavy (non-hydrogen) atoms. The van der Waals surface area contributed by atoms with E-state index in [-0.39, 0.29) is 63.9 Å². The Kier molecular flexibility index (Phi) is 15.8. The third kappa shape index (κ3) is 15.3. The summed E-state index contributed by atoms with van der Waals surface area (Å²) in [5, 5.41) is 2.71. The molecule has 13 nitrogen and oxygen atoms in total. The maximum Gasteiger partial charge on any atom is 0.407 e. The van der Waals surface area contributed by atoms with Crippen molar-refractivity contribution in [2.45, 2.75) is 60.2 Å². The number of nitrogens with zero attached hydrogens (tertiary/aromatic N) is 4. The summed E-state index contributed by atoms with van der Waals surface area (Å²) in [6.07, 6.45) is 3.19.